The zero-order valence-corrected chi connectivity index (χ0v) is 16.8. The van der Waals surface area contributed by atoms with E-state index in [1.165, 1.54) is 12.1 Å². The van der Waals surface area contributed by atoms with Crippen LogP contribution >= 0.6 is 11.6 Å². The molecule has 2 aromatic rings. The topological polar surface area (TPSA) is 78.6 Å². The van der Waals surface area contributed by atoms with E-state index in [2.05, 4.69) is 5.10 Å². The zero-order valence-electron chi connectivity index (χ0n) is 16.0. The van der Waals surface area contributed by atoms with Gasteiger partial charge in [0.2, 0.25) is 0 Å². The number of piperidine rings is 1. The number of aliphatic hydroxyl groups is 1. The first-order chi connectivity index (χ1) is 13.3. The van der Waals surface area contributed by atoms with Crippen LogP contribution in [0.1, 0.15) is 30.2 Å². The molecule has 1 saturated heterocycles. The lowest BCUT2D eigenvalue weighted by molar-refractivity contribution is -0.163. The maximum absolute atomic E-state index is 13.2. The monoisotopic (exact) mass is 409 g/mol. The van der Waals surface area contributed by atoms with Gasteiger partial charge in [-0.2, -0.15) is 5.10 Å². The molecular formula is C20H25ClFN3O3. The average molecular weight is 410 g/mol. The number of benzene rings is 1. The van der Waals surface area contributed by atoms with Crippen LogP contribution in [0.15, 0.2) is 24.3 Å². The third-order valence-corrected chi connectivity index (χ3v) is 6.06. The van der Waals surface area contributed by atoms with Gasteiger partial charge >= 0.3 is 5.97 Å². The van der Waals surface area contributed by atoms with E-state index in [1.54, 1.807) is 23.9 Å². The van der Waals surface area contributed by atoms with Crippen LogP contribution < -0.4 is 0 Å². The van der Waals surface area contributed by atoms with Crippen LogP contribution in [0.2, 0.25) is 5.15 Å². The molecule has 2 heterocycles. The highest BCUT2D eigenvalue weighted by atomic mass is 35.5. The Bertz CT molecular complexity index is 855. The van der Waals surface area contributed by atoms with Gasteiger partial charge in [0.05, 0.1) is 11.8 Å². The molecule has 0 radical (unpaired) electrons. The van der Waals surface area contributed by atoms with Gasteiger partial charge < -0.3 is 10.2 Å². The van der Waals surface area contributed by atoms with Crippen molar-refractivity contribution in [2.75, 3.05) is 13.1 Å². The van der Waals surface area contributed by atoms with E-state index in [-0.39, 0.29) is 18.8 Å². The summed E-state index contributed by atoms with van der Waals surface area (Å²) in [6.45, 7) is 3.21. The summed E-state index contributed by atoms with van der Waals surface area (Å²) in [5.41, 5.74) is 1.09. The number of aliphatic carboxylic acids is 1. The molecule has 3 rings (SSSR count). The number of carboxylic acid groups (broad SMARTS) is 1. The number of aromatic nitrogens is 2. The standard InChI is InChI=1S/C20H25ClFN3O3/c1-3-16-15(18(21)24(2)23-16)11-25-9-8-17(26)20(12-25,19(27)28)10-13-4-6-14(22)7-5-13/h4-7,17,26H,3,8-12H2,1-2H3,(H,27,28)/t17-,20+/m0/s1. The highest BCUT2D eigenvalue weighted by Crippen LogP contribution is 2.36. The number of rotatable bonds is 6. The fraction of sp³-hybridized carbons (Fsp3) is 0.500. The fourth-order valence-corrected chi connectivity index (χ4v) is 4.20. The predicted octanol–water partition coefficient (Wildman–Crippen LogP) is 2.66. The highest BCUT2D eigenvalue weighted by Gasteiger charge is 2.49. The van der Waals surface area contributed by atoms with Crippen LogP contribution in [0, 0.1) is 11.2 Å². The number of nitrogens with zero attached hydrogens (tertiary/aromatic N) is 3. The lowest BCUT2D eigenvalue weighted by atomic mass is 9.72. The molecule has 2 N–H and O–H groups in total. The molecule has 6 nitrogen and oxygen atoms in total. The molecular weight excluding hydrogens is 385 g/mol. The van der Waals surface area contributed by atoms with Gasteiger partial charge in [-0.05, 0) is 37.0 Å². The minimum absolute atomic E-state index is 0.127. The van der Waals surface area contributed by atoms with Gasteiger partial charge in [-0.3, -0.25) is 14.4 Å². The number of likely N-dealkylation sites (tertiary alicyclic amines) is 1. The van der Waals surface area contributed by atoms with Crippen LogP contribution in [0.5, 0.6) is 0 Å². The number of carbonyl (C=O) groups is 1. The predicted molar refractivity (Wildman–Crippen MR) is 104 cm³/mol. The van der Waals surface area contributed by atoms with Gasteiger partial charge in [0, 0.05) is 32.2 Å². The van der Waals surface area contributed by atoms with E-state index >= 15 is 0 Å². The van der Waals surface area contributed by atoms with Gasteiger partial charge in [0.25, 0.3) is 0 Å². The molecule has 1 aromatic heterocycles. The molecule has 1 fully saturated rings. The van der Waals surface area contributed by atoms with Crippen molar-refractivity contribution in [3.63, 3.8) is 0 Å². The molecule has 0 saturated carbocycles. The summed E-state index contributed by atoms with van der Waals surface area (Å²) in [6, 6.07) is 5.75. The first-order valence-corrected chi connectivity index (χ1v) is 9.73. The Morgan fingerprint density at radius 2 is 2.07 bits per heavy atom. The Morgan fingerprint density at radius 3 is 2.68 bits per heavy atom. The van der Waals surface area contributed by atoms with Crippen molar-refractivity contribution in [2.45, 2.75) is 38.8 Å². The van der Waals surface area contributed by atoms with E-state index in [4.69, 9.17) is 11.6 Å². The van der Waals surface area contributed by atoms with Gasteiger partial charge in [-0.25, -0.2) is 4.39 Å². The van der Waals surface area contributed by atoms with E-state index in [9.17, 15) is 19.4 Å². The molecule has 1 aliphatic heterocycles. The smallest absolute Gasteiger partial charge is 0.313 e. The maximum atomic E-state index is 13.2. The number of aliphatic hydroxyl groups excluding tert-OH is 1. The molecule has 0 aliphatic carbocycles. The second-order valence-corrected chi connectivity index (χ2v) is 7.83. The van der Waals surface area contributed by atoms with Crippen molar-refractivity contribution in [1.82, 2.24) is 14.7 Å². The molecule has 0 amide bonds. The van der Waals surface area contributed by atoms with Gasteiger partial charge in [-0.1, -0.05) is 30.7 Å². The largest absolute Gasteiger partial charge is 0.481 e. The van der Waals surface area contributed by atoms with Crippen molar-refractivity contribution < 1.29 is 19.4 Å². The van der Waals surface area contributed by atoms with Crippen LogP contribution in [0.4, 0.5) is 4.39 Å². The van der Waals surface area contributed by atoms with Crippen LogP contribution in [-0.2, 0) is 31.2 Å². The van der Waals surface area contributed by atoms with Gasteiger partial charge in [-0.15, -0.1) is 0 Å². The Hall–Kier alpha value is -1.96. The van der Waals surface area contributed by atoms with Crippen LogP contribution in [0.3, 0.4) is 0 Å². The molecule has 1 aromatic carbocycles. The zero-order chi connectivity index (χ0) is 20.5. The number of hydrogen-bond acceptors (Lipinski definition) is 4. The summed E-state index contributed by atoms with van der Waals surface area (Å²) in [4.78, 5) is 14.3. The van der Waals surface area contributed by atoms with E-state index < -0.39 is 17.5 Å². The van der Waals surface area contributed by atoms with E-state index in [1.807, 2.05) is 11.8 Å². The third kappa shape index (κ3) is 3.92. The van der Waals surface area contributed by atoms with E-state index in [0.29, 0.717) is 30.2 Å². The highest BCUT2D eigenvalue weighted by molar-refractivity contribution is 6.30. The van der Waals surface area contributed by atoms with Gasteiger partial charge in [0.1, 0.15) is 16.4 Å². The summed E-state index contributed by atoms with van der Waals surface area (Å²) < 4.78 is 14.8. The number of aryl methyl sites for hydroxylation is 2. The van der Waals surface area contributed by atoms with Crippen molar-refractivity contribution >= 4 is 17.6 Å². The molecule has 28 heavy (non-hydrogen) atoms. The Labute approximate surface area is 168 Å². The fourth-order valence-electron chi connectivity index (χ4n) is 3.99. The number of halogens is 2. The van der Waals surface area contributed by atoms with Crippen molar-refractivity contribution in [3.05, 3.63) is 52.1 Å². The number of carboxylic acids is 1. The molecule has 152 valence electrons. The Morgan fingerprint density at radius 1 is 1.39 bits per heavy atom. The Balaban J connectivity index is 1.87. The molecule has 0 spiro atoms. The molecule has 0 unspecified atom stereocenters. The number of hydrogen-bond donors (Lipinski definition) is 2. The first-order valence-electron chi connectivity index (χ1n) is 9.35. The second-order valence-electron chi connectivity index (χ2n) is 7.47. The first kappa shape index (κ1) is 20.8. The average Bonchev–Trinajstić information content (AvgIpc) is 2.93. The Kier molecular flexibility index (Phi) is 6.07. The van der Waals surface area contributed by atoms with Gasteiger partial charge in [0.15, 0.2) is 0 Å². The maximum Gasteiger partial charge on any atom is 0.313 e. The molecule has 1 aliphatic rings. The lowest BCUT2D eigenvalue weighted by Crippen LogP contribution is -2.56. The molecule has 8 heteroatoms. The summed E-state index contributed by atoms with van der Waals surface area (Å²) in [6.07, 6.45) is 0.210. The lowest BCUT2D eigenvalue weighted by Gasteiger charge is -2.43. The normalized spacial score (nSPS) is 23.1. The molecule has 2 atom stereocenters. The summed E-state index contributed by atoms with van der Waals surface area (Å²) in [5, 5.41) is 25.6. The third-order valence-electron chi connectivity index (χ3n) is 5.59. The quantitative estimate of drug-likeness (QED) is 0.766. The summed E-state index contributed by atoms with van der Waals surface area (Å²) in [7, 11) is 1.78. The minimum atomic E-state index is -1.36. The van der Waals surface area contributed by atoms with Crippen molar-refractivity contribution in [3.8, 4) is 0 Å². The van der Waals surface area contributed by atoms with Crippen molar-refractivity contribution in [1.29, 1.82) is 0 Å². The molecule has 0 bridgehead atoms. The SMILES string of the molecule is CCc1nn(C)c(Cl)c1CN1CC[C@H](O)[C@](Cc2ccc(F)cc2)(C(=O)O)C1. The minimum Gasteiger partial charge on any atom is -0.481 e. The van der Waals surface area contributed by atoms with Crippen LogP contribution in [-0.4, -0.2) is 50.1 Å². The summed E-state index contributed by atoms with van der Waals surface area (Å²) in [5.74, 6) is -1.43. The summed E-state index contributed by atoms with van der Waals surface area (Å²) >= 11 is 6.39. The van der Waals surface area contributed by atoms with Crippen molar-refractivity contribution in [2.24, 2.45) is 12.5 Å². The second kappa shape index (κ2) is 8.19. The van der Waals surface area contributed by atoms with Crippen LogP contribution in [0.25, 0.3) is 0 Å². The van der Waals surface area contributed by atoms with E-state index in [0.717, 1.165) is 17.7 Å².